The Kier molecular flexibility index (Phi) is 9.69. The quantitative estimate of drug-likeness (QED) is 0.186. The lowest BCUT2D eigenvalue weighted by Crippen LogP contribution is -2.48. The van der Waals surface area contributed by atoms with Crippen molar-refractivity contribution in [1.29, 1.82) is 0 Å². The number of hydrogen-bond acceptors (Lipinski definition) is 3. The Hall–Kier alpha value is -3.84. The number of guanidine groups is 1. The number of nitrogens with zero attached hydrogens (tertiary/aromatic N) is 1. The third-order valence-corrected chi connectivity index (χ3v) is 5.74. The van der Waals surface area contributed by atoms with Crippen LogP contribution in [0.25, 0.3) is 0 Å². The van der Waals surface area contributed by atoms with E-state index in [1.54, 1.807) is 12.1 Å². The maximum atomic E-state index is 13.6. The first-order valence-electron chi connectivity index (χ1n) is 11.4. The number of nitrogens with two attached hydrogens (primary N) is 2. The van der Waals surface area contributed by atoms with Gasteiger partial charge >= 0.3 is 0 Å². The molecule has 0 aliphatic carbocycles. The van der Waals surface area contributed by atoms with Gasteiger partial charge in [-0.25, -0.2) is 0 Å². The first-order chi connectivity index (χ1) is 16.9. The Balaban J connectivity index is 1.79. The van der Waals surface area contributed by atoms with E-state index in [4.69, 9.17) is 23.1 Å². The van der Waals surface area contributed by atoms with E-state index < -0.39 is 12.0 Å². The molecule has 0 bridgehead atoms. The predicted octanol–water partition coefficient (Wildman–Crippen LogP) is 3.33. The normalized spacial score (nSPS) is 12.3. The molecule has 7 nitrogen and oxygen atoms in total. The average molecular weight is 492 g/mol. The van der Waals surface area contributed by atoms with Gasteiger partial charge in [0.2, 0.25) is 11.8 Å². The molecule has 0 heterocycles. The standard InChI is InChI=1S/C27H30ClN5O2/c28-22-15-13-21(14-16-22)24(20-10-5-2-6-11-20)26(35)33-23(12-7-17-31-27(29)30)25(34)32-18-19-8-3-1-4-9-19/h1-6,8-11,13-16,23-24H,7,12,17-18H2,(H,32,34)(H,33,35)(H4,29,30,31)/t23-,24-/m1/s1. The summed E-state index contributed by atoms with van der Waals surface area (Å²) in [5, 5.41) is 6.46. The Morgan fingerprint density at radius 3 is 2.06 bits per heavy atom. The summed E-state index contributed by atoms with van der Waals surface area (Å²) >= 11 is 6.06. The molecule has 0 aliphatic heterocycles. The van der Waals surface area contributed by atoms with Gasteiger partial charge in [-0.15, -0.1) is 0 Å². The van der Waals surface area contributed by atoms with Gasteiger partial charge in [-0.3, -0.25) is 14.6 Å². The number of hydrogen-bond donors (Lipinski definition) is 4. The minimum absolute atomic E-state index is 0.00834. The van der Waals surface area contributed by atoms with Crippen molar-refractivity contribution >= 4 is 29.4 Å². The van der Waals surface area contributed by atoms with Gasteiger partial charge in [-0.1, -0.05) is 84.4 Å². The molecule has 2 atom stereocenters. The summed E-state index contributed by atoms with van der Waals surface area (Å²) in [5.74, 6) is -1.16. The topological polar surface area (TPSA) is 123 Å². The van der Waals surface area contributed by atoms with E-state index in [0.717, 1.165) is 16.7 Å². The number of amides is 2. The Morgan fingerprint density at radius 1 is 0.829 bits per heavy atom. The third-order valence-electron chi connectivity index (χ3n) is 5.49. The van der Waals surface area contributed by atoms with Gasteiger partial charge in [0.15, 0.2) is 5.96 Å². The van der Waals surface area contributed by atoms with Crippen molar-refractivity contribution in [3.05, 3.63) is 107 Å². The van der Waals surface area contributed by atoms with Crippen LogP contribution in [0, 0.1) is 0 Å². The zero-order valence-electron chi connectivity index (χ0n) is 19.4. The van der Waals surface area contributed by atoms with E-state index >= 15 is 0 Å². The van der Waals surface area contributed by atoms with Crippen LogP contribution in [0.5, 0.6) is 0 Å². The van der Waals surface area contributed by atoms with Crippen molar-refractivity contribution in [3.63, 3.8) is 0 Å². The summed E-state index contributed by atoms with van der Waals surface area (Å²) in [5.41, 5.74) is 13.4. The van der Waals surface area contributed by atoms with Crippen molar-refractivity contribution in [2.24, 2.45) is 16.5 Å². The van der Waals surface area contributed by atoms with E-state index in [9.17, 15) is 9.59 Å². The summed E-state index contributed by atoms with van der Waals surface area (Å²) in [6, 6.07) is 25.4. The lowest BCUT2D eigenvalue weighted by Gasteiger charge is -2.23. The highest BCUT2D eigenvalue weighted by Gasteiger charge is 2.27. The summed E-state index contributed by atoms with van der Waals surface area (Å²) < 4.78 is 0. The molecule has 0 aromatic heterocycles. The molecule has 0 saturated heterocycles. The molecular formula is C27H30ClN5O2. The second-order valence-corrected chi connectivity index (χ2v) is 8.55. The van der Waals surface area contributed by atoms with Gasteiger partial charge in [0.05, 0.1) is 5.92 Å². The Bertz CT molecular complexity index is 1120. The van der Waals surface area contributed by atoms with Crippen LogP contribution in [0.1, 0.15) is 35.4 Å². The van der Waals surface area contributed by atoms with Gasteiger partial charge in [-0.05, 0) is 41.7 Å². The first kappa shape index (κ1) is 25.8. The zero-order valence-corrected chi connectivity index (χ0v) is 20.1. The molecule has 6 N–H and O–H groups in total. The molecule has 2 amide bonds. The molecule has 35 heavy (non-hydrogen) atoms. The molecule has 0 unspecified atom stereocenters. The van der Waals surface area contributed by atoms with Gasteiger partial charge in [-0.2, -0.15) is 0 Å². The molecule has 3 aromatic carbocycles. The van der Waals surface area contributed by atoms with Crippen molar-refractivity contribution in [3.8, 4) is 0 Å². The van der Waals surface area contributed by atoms with Crippen molar-refractivity contribution < 1.29 is 9.59 Å². The number of aliphatic imine (C=N–C) groups is 1. The number of rotatable bonds is 11. The van der Waals surface area contributed by atoms with E-state index in [-0.39, 0.29) is 17.8 Å². The number of nitrogens with one attached hydrogen (secondary N) is 2. The van der Waals surface area contributed by atoms with Crippen LogP contribution in [0.3, 0.4) is 0 Å². The van der Waals surface area contributed by atoms with Crippen LogP contribution in [0.15, 0.2) is 89.9 Å². The predicted molar refractivity (Wildman–Crippen MR) is 140 cm³/mol. The molecule has 0 aliphatic rings. The van der Waals surface area contributed by atoms with E-state index in [1.165, 1.54) is 0 Å². The molecular weight excluding hydrogens is 462 g/mol. The van der Waals surface area contributed by atoms with Gasteiger partial charge < -0.3 is 22.1 Å². The lowest BCUT2D eigenvalue weighted by atomic mass is 9.90. The molecule has 0 saturated carbocycles. The molecule has 8 heteroatoms. The minimum Gasteiger partial charge on any atom is -0.370 e. The highest BCUT2D eigenvalue weighted by molar-refractivity contribution is 6.30. The molecule has 3 aromatic rings. The second-order valence-electron chi connectivity index (χ2n) is 8.11. The molecule has 0 fully saturated rings. The Labute approximate surface area is 210 Å². The van der Waals surface area contributed by atoms with Gasteiger partial charge in [0.1, 0.15) is 6.04 Å². The Morgan fingerprint density at radius 2 is 1.43 bits per heavy atom. The average Bonchev–Trinajstić information content (AvgIpc) is 2.87. The smallest absolute Gasteiger partial charge is 0.242 e. The van der Waals surface area contributed by atoms with Crippen LogP contribution < -0.4 is 22.1 Å². The SMILES string of the molecule is NC(N)=NCCC[C@@H](NC(=O)[C@H](c1ccccc1)c1ccc(Cl)cc1)C(=O)NCc1ccccc1. The summed E-state index contributed by atoms with van der Waals surface area (Å²) in [6.45, 7) is 0.721. The fraction of sp³-hybridized carbons (Fsp3) is 0.222. The molecule has 0 spiro atoms. The zero-order chi connectivity index (χ0) is 25.0. The lowest BCUT2D eigenvalue weighted by molar-refractivity contribution is -0.129. The maximum absolute atomic E-state index is 13.6. The van der Waals surface area contributed by atoms with Crippen molar-refractivity contribution in [1.82, 2.24) is 10.6 Å². The summed E-state index contributed by atoms with van der Waals surface area (Å²) in [4.78, 5) is 30.6. The third kappa shape index (κ3) is 8.15. The van der Waals surface area contributed by atoms with Crippen LogP contribution in [0.4, 0.5) is 0 Å². The number of carbonyl (C=O) groups excluding carboxylic acids is 2. The van der Waals surface area contributed by atoms with E-state index in [0.29, 0.717) is 31.0 Å². The highest BCUT2D eigenvalue weighted by atomic mass is 35.5. The second kappa shape index (κ2) is 13.2. The largest absolute Gasteiger partial charge is 0.370 e. The van der Waals surface area contributed by atoms with Crippen molar-refractivity contribution in [2.45, 2.75) is 31.3 Å². The van der Waals surface area contributed by atoms with Crippen LogP contribution in [-0.2, 0) is 16.1 Å². The van der Waals surface area contributed by atoms with Crippen LogP contribution in [-0.4, -0.2) is 30.4 Å². The fourth-order valence-corrected chi connectivity index (χ4v) is 3.86. The van der Waals surface area contributed by atoms with E-state index in [2.05, 4.69) is 15.6 Å². The summed E-state index contributed by atoms with van der Waals surface area (Å²) in [7, 11) is 0. The first-order valence-corrected chi connectivity index (χ1v) is 11.8. The highest BCUT2D eigenvalue weighted by Crippen LogP contribution is 2.26. The minimum atomic E-state index is -0.751. The number of carbonyl (C=O) groups is 2. The monoisotopic (exact) mass is 491 g/mol. The van der Waals surface area contributed by atoms with E-state index in [1.807, 2.05) is 72.8 Å². The summed E-state index contributed by atoms with van der Waals surface area (Å²) in [6.07, 6.45) is 0.907. The van der Waals surface area contributed by atoms with Gasteiger partial charge in [0, 0.05) is 18.1 Å². The maximum Gasteiger partial charge on any atom is 0.242 e. The van der Waals surface area contributed by atoms with Crippen LogP contribution >= 0.6 is 11.6 Å². The molecule has 182 valence electrons. The number of benzene rings is 3. The van der Waals surface area contributed by atoms with Crippen molar-refractivity contribution in [2.75, 3.05) is 6.54 Å². The number of halogens is 1. The van der Waals surface area contributed by atoms with Gasteiger partial charge in [0.25, 0.3) is 0 Å². The molecule has 3 rings (SSSR count). The van der Waals surface area contributed by atoms with Crippen LogP contribution in [0.2, 0.25) is 5.02 Å². The fourth-order valence-electron chi connectivity index (χ4n) is 3.73. The molecule has 0 radical (unpaired) electrons.